The second-order valence-corrected chi connectivity index (χ2v) is 5.07. The molecule has 1 saturated carbocycles. The number of nitrogens with two attached hydrogens (primary N) is 1. The number of hydrogen-bond acceptors (Lipinski definition) is 2. The summed E-state index contributed by atoms with van der Waals surface area (Å²) in [6.07, 6.45) is 4.90. The Morgan fingerprint density at radius 2 is 1.88 bits per heavy atom. The van der Waals surface area contributed by atoms with Gasteiger partial charge >= 0.3 is 0 Å². The third-order valence-electron chi connectivity index (χ3n) is 3.74. The highest BCUT2D eigenvalue weighted by molar-refractivity contribution is 5.45. The molecule has 0 saturated heterocycles. The summed E-state index contributed by atoms with van der Waals surface area (Å²) in [5, 5.41) is 0. The van der Waals surface area contributed by atoms with Crippen molar-refractivity contribution in [2.45, 2.75) is 31.7 Å². The minimum atomic E-state index is -0.184. The van der Waals surface area contributed by atoms with E-state index in [1.165, 1.54) is 31.4 Å². The summed E-state index contributed by atoms with van der Waals surface area (Å²) in [6.45, 7) is 0.965. The molecule has 0 aromatic heterocycles. The summed E-state index contributed by atoms with van der Waals surface area (Å²) in [5.74, 6) is 0.385. The number of nitrogens with zero attached hydrogens (tertiary/aromatic N) is 1. The average molecular weight is 236 g/mol. The first-order chi connectivity index (χ1) is 8.16. The van der Waals surface area contributed by atoms with Crippen molar-refractivity contribution in [2.75, 3.05) is 18.5 Å². The van der Waals surface area contributed by atoms with Crippen LogP contribution in [0.2, 0.25) is 0 Å². The Labute approximate surface area is 103 Å². The van der Waals surface area contributed by atoms with Crippen LogP contribution in [0, 0.1) is 11.7 Å². The van der Waals surface area contributed by atoms with Crippen LogP contribution in [0.5, 0.6) is 0 Å². The first-order valence-electron chi connectivity index (χ1n) is 6.39. The van der Waals surface area contributed by atoms with Crippen LogP contribution < -0.4 is 10.6 Å². The van der Waals surface area contributed by atoms with Crippen molar-refractivity contribution in [2.24, 2.45) is 11.7 Å². The Balaban J connectivity index is 1.95. The fraction of sp³-hybridized carbons (Fsp3) is 0.571. The third kappa shape index (κ3) is 3.19. The van der Waals surface area contributed by atoms with E-state index in [-0.39, 0.29) is 5.82 Å². The van der Waals surface area contributed by atoms with E-state index in [9.17, 15) is 4.39 Å². The molecule has 0 radical (unpaired) electrons. The minimum absolute atomic E-state index is 0.184. The van der Waals surface area contributed by atoms with Crippen LogP contribution >= 0.6 is 0 Å². The zero-order valence-corrected chi connectivity index (χ0v) is 10.4. The molecule has 1 aliphatic rings. The summed E-state index contributed by atoms with van der Waals surface area (Å²) in [6, 6.07) is 6.98. The van der Waals surface area contributed by atoms with Gasteiger partial charge in [0.1, 0.15) is 5.82 Å². The number of anilines is 1. The van der Waals surface area contributed by atoms with E-state index in [0.29, 0.717) is 12.0 Å². The second kappa shape index (κ2) is 5.50. The van der Waals surface area contributed by atoms with Crippen molar-refractivity contribution in [3.8, 4) is 0 Å². The maximum atomic E-state index is 12.8. The lowest BCUT2D eigenvalue weighted by molar-refractivity contribution is 0.312. The van der Waals surface area contributed by atoms with Gasteiger partial charge < -0.3 is 10.6 Å². The molecule has 2 unspecified atom stereocenters. The molecular formula is C14H21FN2. The summed E-state index contributed by atoms with van der Waals surface area (Å²) in [4.78, 5) is 2.18. The number of halogens is 1. The Bertz CT molecular complexity index is 350. The third-order valence-corrected chi connectivity index (χ3v) is 3.74. The molecule has 2 N–H and O–H groups in total. The highest BCUT2D eigenvalue weighted by atomic mass is 19.1. The molecule has 1 fully saturated rings. The molecule has 2 nitrogen and oxygen atoms in total. The van der Waals surface area contributed by atoms with Gasteiger partial charge in [-0.15, -0.1) is 0 Å². The van der Waals surface area contributed by atoms with E-state index in [2.05, 4.69) is 11.9 Å². The predicted molar refractivity (Wildman–Crippen MR) is 69.6 cm³/mol. The maximum Gasteiger partial charge on any atom is 0.123 e. The molecule has 3 heteroatoms. The zero-order valence-electron chi connectivity index (χ0n) is 10.4. The van der Waals surface area contributed by atoms with E-state index in [0.717, 1.165) is 18.7 Å². The van der Waals surface area contributed by atoms with Crippen molar-refractivity contribution >= 4 is 5.69 Å². The van der Waals surface area contributed by atoms with Crippen molar-refractivity contribution < 1.29 is 4.39 Å². The maximum absolute atomic E-state index is 12.8. The van der Waals surface area contributed by atoms with Gasteiger partial charge in [-0.25, -0.2) is 4.39 Å². The molecular weight excluding hydrogens is 215 g/mol. The fourth-order valence-corrected chi connectivity index (χ4v) is 2.62. The summed E-state index contributed by atoms with van der Waals surface area (Å²) in [7, 11) is 2.05. The molecule has 17 heavy (non-hydrogen) atoms. The Kier molecular flexibility index (Phi) is 4.00. The first kappa shape index (κ1) is 12.4. The fourth-order valence-electron chi connectivity index (χ4n) is 2.62. The van der Waals surface area contributed by atoms with Crippen LogP contribution in [0.1, 0.15) is 25.7 Å². The number of benzene rings is 1. The van der Waals surface area contributed by atoms with Crippen LogP contribution in [-0.4, -0.2) is 19.6 Å². The van der Waals surface area contributed by atoms with Gasteiger partial charge in [0, 0.05) is 25.3 Å². The first-order valence-corrected chi connectivity index (χ1v) is 6.39. The van der Waals surface area contributed by atoms with Gasteiger partial charge in [0.2, 0.25) is 0 Å². The molecule has 0 spiro atoms. The van der Waals surface area contributed by atoms with Gasteiger partial charge in [0.05, 0.1) is 0 Å². The van der Waals surface area contributed by atoms with Crippen LogP contribution in [0.4, 0.5) is 10.1 Å². The number of rotatable bonds is 3. The standard InChI is InChI=1S/C14H21FN2/c1-17(13-8-6-12(15)7-9-13)10-11-4-2-3-5-14(11)16/h6-9,11,14H,2-5,10,16H2,1H3. The molecule has 2 atom stereocenters. The van der Waals surface area contributed by atoms with Crippen molar-refractivity contribution in [1.29, 1.82) is 0 Å². The quantitative estimate of drug-likeness (QED) is 0.874. The topological polar surface area (TPSA) is 29.3 Å². The SMILES string of the molecule is CN(CC1CCCCC1N)c1ccc(F)cc1. The van der Waals surface area contributed by atoms with Crippen LogP contribution in [0.3, 0.4) is 0 Å². The highest BCUT2D eigenvalue weighted by Gasteiger charge is 2.22. The van der Waals surface area contributed by atoms with Crippen molar-refractivity contribution in [3.63, 3.8) is 0 Å². The van der Waals surface area contributed by atoms with E-state index in [1.807, 2.05) is 12.1 Å². The van der Waals surface area contributed by atoms with Gasteiger partial charge in [-0.1, -0.05) is 12.8 Å². The van der Waals surface area contributed by atoms with E-state index in [1.54, 1.807) is 0 Å². The Hall–Kier alpha value is -1.09. The lowest BCUT2D eigenvalue weighted by Crippen LogP contribution is -2.40. The van der Waals surface area contributed by atoms with Gasteiger partial charge in [0.15, 0.2) is 0 Å². The van der Waals surface area contributed by atoms with E-state index in [4.69, 9.17) is 5.73 Å². The Morgan fingerprint density at radius 3 is 2.53 bits per heavy atom. The normalized spacial score (nSPS) is 24.6. The van der Waals surface area contributed by atoms with Gasteiger partial charge in [-0.05, 0) is 43.0 Å². The Morgan fingerprint density at radius 1 is 1.24 bits per heavy atom. The molecule has 0 amide bonds. The van der Waals surface area contributed by atoms with Gasteiger partial charge in [-0.2, -0.15) is 0 Å². The van der Waals surface area contributed by atoms with E-state index >= 15 is 0 Å². The molecule has 1 aromatic rings. The molecule has 0 aliphatic heterocycles. The monoisotopic (exact) mass is 236 g/mol. The lowest BCUT2D eigenvalue weighted by atomic mass is 9.85. The molecule has 1 aromatic carbocycles. The molecule has 2 rings (SSSR count). The minimum Gasteiger partial charge on any atom is -0.374 e. The second-order valence-electron chi connectivity index (χ2n) is 5.07. The predicted octanol–water partition coefficient (Wildman–Crippen LogP) is 2.78. The summed E-state index contributed by atoms with van der Waals surface area (Å²) >= 11 is 0. The average Bonchev–Trinajstić information content (AvgIpc) is 2.33. The van der Waals surface area contributed by atoms with Crippen LogP contribution in [0.25, 0.3) is 0 Å². The van der Waals surface area contributed by atoms with Crippen molar-refractivity contribution in [1.82, 2.24) is 0 Å². The lowest BCUT2D eigenvalue weighted by Gasteiger charge is -2.32. The summed E-state index contributed by atoms with van der Waals surface area (Å²) < 4.78 is 12.8. The molecule has 94 valence electrons. The van der Waals surface area contributed by atoms with Crippen LogP contribution in [-0.2, 0) is 0 Å². The molecule has 0 bridgehead atoms. The van der Waals surface area contributed by atoms with Crippen molar-refractivity contribution in [3.05, 3.63) is 30.1 Å². The molecule has 0 heterocycles. The van der Waals surface area contributed by atoms with Crippen LogP contribution in [0.15, 0.2) is 24.3 Å². The smallest absolute Gasteiger partial charge is 0.123 e. The zero-order chi connectivity index (χ0) is 12.3. The molecule has 1 aliphatic carbocycles. The van der Waals surface area contributed by atoms with E-state index < -0.39 is 0 Å². The highest BCUT2D eigenvalue weighted by Crippen LogP contribution is 2.25. The van der Waals surface area contributed by atoms with Gasteiger partial charge in [0.25, 0.3) is 0 Å². The summed E-state index contributed by atoms with van der Waals surface area (Å²) in [5.41, 5.74) is 7.20. The largest absolute Gasteiger partial charge is 0.374 e. The number of hydrogen-bond donors (Lipinski definition) is 1. The van der Waals surface area contributed by atoms with Gasteiger partial charge in [-0.3, -0.25) is 0 Å².